The van der Waals surface area contributed by atoms with E-state index in [1.54, 1.807) is 0 Å². The number of hydrogen-bond donors (Lipinski definition) is 2. The molecule has 2 heteroatoms. The van der Waals surface area contributed by atoms with Crippen LogP contribution in [0.1, 0.15) is 43.7 Å². The average Bonchev–Trinajstić information content (AvgIpc) is 2.83. The number of nitrogens with two attached hydrogens (primary N) is 1. The minimum absolute atomic E-state index is 0.128. The highest BCUT2D eigenvalue weighted by atomic mass is 16.3. The number of rotatable bonds is 2. The van der Waals surface area contributed by atoms with Crippen LogP contribution in [0.4, 0.5) is 0 Å². The zero-order valence-corrected chi connectivity index (χ0v) is 11.9. The van der Waals surface area contributed by atoms with E-state index in [1.165, 1.54) is 11.1 Å². The van der Waals surface area contributed by atoms with E-state index in [-0.39, 0.29) is 5.41 Å². The normalized spacial score (nSPS) is 33.1. The molecular weight excluding hydrogens is 234 g/mol. The number of fused-ring (bicyclic) bond motifs is 1. The van der Waals surface area contributed by atoms with E-state index in [9.17, 15) is 5.11 Å². The van der Waals surface area contributed by atoms with Gasteiger partial charge >= 0.3 is 0 Å². The maximum absolute atomic E-state index is 11.2. The first-order valence-corrected chi connectivity index (χ1v) is 7.58. The fourth-order valence-electron chi connectivity index (χ4n) is 4.13. The average molecular weight is 259 g/mol. The predicted octanol–water partition coefficient (Wildman–Crippen LogP) is 2.67. The molecule has 1 saturated carbocycles. The molecule has 0 bridgehead atoms. The van der Waals surface area contributed by atoms with Gasteiger partial charge in [-0.25, -0.2) is 0 Å². The van der Waals surface area contributed by atoms with Crippen LogP contribution in [0.3, 0.4) is 0 Å². The summed E-state index contributed by atoms with van der Waals surface area (Å²) < 4.78 is 0. The van der Waals surface area contributed by atoms with E-state index in [0.717, 1.165) is 44.4 Å². The number of benzene rings is 1. The second kappa shape index (κ2) is 4.60. The van der Waals surface area contributed by atoms with Gasteiger partial charge in [-0.3, -0.25) is 0 Å². The lowest BCUT2D eigenvalue weighted by atomic mass is 9.62. The van der Waals surface area contributed by atoms with Gasteiger partial charge in [-0.2, -0.15) is 0 Å². The molecule has 2 aliphatic rings. The molecule has 2 nitrogen and oxygen atoms in total. The molecule has 1 aromatic carbocycles. The smallest absolute Gasteiger partial charge is 0.0722 e. The minimum atomic E-state index is -0.562. The highest BCUT2D eigenvalue weighted by Crippen LogP contribution is 2.50. The molecule has 3 rings (SSSR count). The molecule has 0 atom stereocenters. The molecule has 0 aliphatic heterocycles. The summed E-state index contributed by atoms with van der Waals surface area (Å²) >= 11 is 0. The molecule has 1 fully saturated rings. The Morgan fingerprint density at radius 1 is 1.16 bits per heavy atom. The SMILES string of the molecule is CC1CCC(O)(C2(CN)Cc3ccccc3C2)CC1. The van der Waals surface area contributed by atoms with Crippen molar-refractivity contribution in [2.24, 2.45) is 17.1 Å². The topological polar surface area (TPSA) is 46.2 Å². The van der Waals surface area contributed by atoms with Crippen molar-refractivity contribution in [3.05, 3.63) is 35.4 Å². The van der Waals surface area contributed by atoms with Crippen LogP contribution >= 0.6 is 0 Å². The van der Waals surface area contributed by atoms with Crippen molar-refractivity contribution < 1.29 is 5.11 Å². The lowest BCUT2D eigenvalue weighted by Gasteiger charge is -2.48. The molecule has 104 valence electrons. The Balaban J connectivity index is 1.90. The summed E-state index contributed by atoms with van der Waals surface area (Å²) in [5.41, 5.74) is 8.23. The predicted molar refractivity (Wildman–Crippen MR) is 77.9 cm³/mol. The Bertz CT molecular complexity index is 435. The summed E-state index contributed by atoms with van der Waals surface area (Å²) in [5.74, 6) is 0.749. The first-order valence-electron chi connectivity index (χ1n) is 7.58. The van der Waals surface area contributed by atoms with Gasteiger partial charge in [-0.15, -0.1) is 0 Å². The van der Waals surface area contributed by atoms with Crippen LogP contribution in [-0.4, -0.2) is 17.3 Å². The van der Waals surface area contributed by atoms with Crippen LogP contribution in [0.5, 0.6) is 0 Å². The molecule has 19 heavy (non-hydrogen) atoms. The molecule has 0 spiro atoms. The Morgan fingerprint density at radius 2 is 1.68 bits per heavy atom. The van der Waals surface area contributed by atoms with Gasteiger partial charge in [0, 0.05) is 12.0 Å². The quantitative estimate of drug-likeness (QED) is 0.857. The van der Waals surface area contributed by atoms with Gasteiger partial charge in [-0.05, 0) is 55.6 Å². The zero-order chi connectivity index (χ0) is 13.5. The molecule has 0 saturated heterocycles. The second-order valence-corrected chi connectivity index (χ2v) is 6.82. The third kappa shape index (κ3) is 2.02. The summed E-state index contributed by atoms with van der Waals surface area (Å²) in [6, 6.07) is 8.58. The van der Waals surface area contributed by atoms with Crippen molar-refractivity contribution in [3.63, 3.8) is 0 Å². The van der Waals surface area contributed by atoms with Gasteiger partial charge in [0.05, 0.1) is 5.60 Å². The van der Waals surface area contributed by atoms with Gasteiger partial charge in [0.25, 0.3) is 0 Å². The van der Waals surface area contributed by atoms with Gasteiger partial charge in [0.1, 0.15) is 0 Å². The van der Waals surface area contributed by atoms with Crippen molar-refractivity contribution in [1.29, 1.82) is 0 Å². The van der Waals surface area contributed by atoms with Gasteiger partial charge < -0.3 is 10.8 Å². The van der Waals surface area contributed by atoms with Crippen LogP contribution in [0.2, 0.25) is 0 Å². The third-order valence-electron chi connectivity index (χ3n) is 5.66. The molecule has 0 heterocycles. The summed E-state index contributed by atoms with van der Waals surface area (Å²) in [5, 5.41) is 11.2. The van der Waals surface area contributed by atoms with Crippen molar-refractivity contribution in [2.75, 3.05) is 6.54 Å². The van der Waals surface area contributed by atoms with Gasteiger partial charge in [0.2, 0.25) is 0 Å². The molecule has 0 radical (unpaired) electrons. The highest BCUT2D eigenvalue weighted by Gasteiger charge is 2.52. The standard InChI is InChI=1S/C17H25NO/c1-13-6-8-17(19,9-7-13)16(12-18)10-14-4-2-3-5-15(14)11-16/h2-5,13,19H,6-12,18H2,1H3. The number of hydrogen-bond acceptors (Lipinski definition) is 2. The second-order valence-electron chi connectivity index (χ2n) is 6.82. The Hall–Kier alpha value is -0.860. The summed E-state index contributed by atoms with van der Waals surface area (Å²) in [6.45, 7) is 2.88. The van der Waals surface area contributed by atoms with Gasteiger partial charge in [-0.1, -0.05) is 31.2 Å². The van der Waals surface area contributed by atoms with Crippen LogP contribution in [0, 0.1) is 11.3 Å². The zero-order valence-electron chi connectivity index (χ0n) is 11.9. The number of aliphatic hydroxyl groups is 1. The molecule has 0 amide bonds. The molecule has 0 unspecified atom stereocenters. The van der Waals surface area contributed by atoms with E-state index < -0.39 is 5.60 Å². The highest BCUT2D eigenvalue weighted by molar-refractivity contribution is 5.36. The monoisotopic (exact) mass is 259 g/mol. The maximum atomic E-state index is 11.2. The summed E-state index contributed by atoms with van der Waals surface area (Å²) in [7, 11) is 0. The molecule has 1 aromatic rings. The largest absolute Gasteiger partial charge is 0.389 e. The summed E-state index contributed by atoms with van der Waals surface area (Å²) in [4.78, 5) is 0. The fraction of sp³-hybridized carbons (Fsp3) is 0.647. The van der Waals surface area contributed by atoms with E-state index in [0.29, 0.717) is 6.54 Å². The first-order chi connectivity index (χ1) is 9.09. The lowest BCUT2D eigenvalue weighted by molar-refractivity contribution is -0.108. The van der Waals surface area contributed by atoms with Crippen molar-refractivity contribution >= 4 is 0 Å². The molecule has 2 aliphatic carbocycles. The fourth-order valence-corrected chi connectivity index (χ4v) is 4.13. The maximum Gasteiger partial charge on any atom is 0.0722 e. The van der Waals surface area contributed by atoms with E-state index >= 15 is 0 Å². The van der Waals surface area contributed by atoms with Gasteiger partial charge in [0.15, 0.2) is 0 Å². The van der Waals surface area contributed by atoms with Crippen LogP contribution in [0.15, 0.2) is 24.3 Å². The van der Waals surface area contributed by atoms with Crippen molar-refractivity contribution in [2.45, 2.75) is 51.0 Å². The molecular formula is C17H25NO. The third-order valence-corrected chi connectivity index (χ3v) is 5.66. The molecule has 3 N–H and O–H groups in total. The lowest BCUT2D eigenvalue weighted by Crippen LogP contribution is -2.55. The van der Waals surface area contributed by atoms with E-state index in [2.05, 4.69) is 31.2 Å². The minimum Gasteiger partial charge on any atom is -0.389 e. The summed E-state index contributed by atoms with van der Waals surface area (Å²) in [6.07, 6.45) is 6.00. The van der Waals surface area contributed by atoms with E-state index in [4.69, 9.17) is 5.73 Å². The van der Waals surface area contributed by atoms with Crippen LogP contribution in [-0.2, 0) is 12.8 Å². The Morgan fingerprint density at radius 3 is 2.16 bits per heavy atom. The first kappa shape index (κ1) is 13.1. The van der Waals surface area contributed by atoms with Crippen LogP contribution in [0.25, 0.3) is 0 Å². The Labute approximate surface area is 116 Å². The Kier molecular flexibility index (Phi) is 3.18. The van der Waals surface area contributed by atoms with E-state index in [1.807, 2.05) is 0 Å². The van der Waals surface area contributed by atoms with Crippen molar-refractivity contribution in [3.8, 4) is 0 Å². The molecule has 0 aromatic heterocycles. The van der Waals surface area contributed by atoms with Crippen LogP contribution < -0.4 is 5.73 Å². The van der Waals surface area contributed by atoms with Crippen molar-refractivity contribution in [1.82, 2.24) is 0 Å².